The summed E-state index contributed by atoms with van der Waals surface area (Å²) in [5.74, 6) is 0.0727. The van der Waals surface area contributed by atoms with E-state index in [0.29, 0.717) is 6.42 Å². The van der Waals surface area contributed by atoms with Gasteiger partial charge >= 0.3 is 5.97 Å². The molecule has 1 atom stereocenters. The van der Waals surface area contributed by atoms with Gasteiger partial charge < -0.3 is 9.84 Å². The summed E-state index contributed by atoms with van der Waals surface area (Å²) >= 11 is 0. The van der Waals surface area contributed by atoms with Crippen LogP contribution in [0.25, 0.3) is 0 Å². The number of esters is 1. The second-order valence-electron chi connectivity index (χ2n) is 4.53. The van der Waals surface area contributed by atoms with Gasteiger partial charge in [-0.1, -0.05) is 38.3 Å². The van der Waals surface area contributed by atoms with Gasteiger partial charge in [0, 0.05) is 6.42 Å². The minimum atomic E-state index is -0.260. The molecular weight excluding hydrogens is 228 g/mol. The highest BCUT2D eigenvalue weighted by Gasteiger charge is 2.11. The number of hydrogen-bond acceptors (Lipinski definition) is 3. The number of aromatic hydroxyl groups is 1. The predicted octanol–water partition coefficient (Wildman–Crippen LogP) is 3.97. The van der Waals surface area contributed by atoms with Gasteiger partial charge in [-0.05, 0) is 31.0 Å². The van der Waals surface area contributed by atoms with Crippen molar-refractivity contribution in [2.45, 2.75) is 52.1 Å². The molecule has 0 saturated heterocycles. The molecule has 0 aliphatic rings. The maximum atomic E-state index is 11.6. The average Bonchev–Trinajstić information content (AvgIpc) is 2.35. The molecule has 0 fully saturated rings. The summed E-state index contributed by atoms with van der Waals surface area (Å²) < 4.78 is 5.34. The fraction of sp³-hybridized carbons (Fsp3) is 0.533. The van der Waals surface area contributed by atoms with Crippen molar-refractivity contribution in [3.8, 4) is 5.75 Å². The molecule has 0 spiro atoms. The molecule has 1 aromatic rings. The molecule has 3 heteroatoms. The van der Waals surface area contributed by atoms with Crippen LogP contribution in [0.1, 0.15) is 57.6 Å². The Labute approximate surface area is 109 Å². The summed E-state index contributed by atoms with van der Waals surface area (Å²) in [5, 5.41) is 9.18. The fourth-order valence-corrected chi connectivity index (χ4v) is 1.77. The highest BCUT2D eigenvalue weighted by Crippen LogP contribution is 2.20. The molecule has 0 bridgehead atoms. The molecule has 3 nitrogen and oxygen atoms in total. The van der Waals surface area contributed by atoms with E-state index in [1.54, 1.807) is 24.3 Å². The normalized spacial score (nSPS) is 12.1. The minimum Gasteiger partial charge on any atom is -0.508 e. The van der Waals surface area contributed by atoms with Gasteiger partial charge in [0.1, 0.15) is 11.9 Å². The molecule has 0 aliphatic carbocycles. The van der Waals surface area contributed by atoms with Gasteiger partial charge in [-0.3, -0.25) is 4.79 Å². The van der Waals surface area contributed by atoms with Gasteiger partial charge in [0.15, 0.2) is 0 Å². The number of carbonyl (C=O) groups excluding carboxylic acids is 1. The molecule has 100 valence electrons. The SMILES string of the molecule is CCCCCCC(=O)OC(C)c1ccc(O)cc1. The van der Waals surface area contributed by atoms with Crippen LogP contribution in [0.2, 0.25) is 0 Å². The predicted molar refractivity (Wildman–Crippen MR) is 71.4 cm³/mol. The number of phenols is 1. The summed E-state index contributed by atoms with van der Waals surface area (Å²) in [6.07, 6.45) is 4.54. The second kappa shape index (κ2) is 7.75. The number of benzene rings is 1. The Morgan fingerprint density at radius 1 is 1.22 bits per heavy atom. The Morgan fingerprint density at radius 3 is 2.50 bits per heavy atom. The first-order chi connectivity index (χ1) is 8.63. The van der Waals surface area contributed by atoms with Crippen LogP contribution in [0.4, 0.5) is 0 Å². The summed E-state index contributed by atoms with van der Waals surface area (Å²) in [4.78, 5) is 11.6. The smallest absolute Gasteiger partial charge is 0.306 e. The average molecular weight is 250 g/mol. The van der Waals surface area contributed by atoms with Gasteiger partial charge in [-0.25, -0.2) is 0 Å². The quantitative estimate of drug-likeness (QED) is 0.588. The first-order valence-corrected chi connectivity index (χ1v) is 6.62. The Bertz CT molecular complexity index is 357. The number of phenolic OH excluding ortho intramolecular Hbond substituents is 1. The van der Waals surface area contributed by atoms with Crippen molar-refractivity contribution in [1.82, 2.24) is 0 Å². The van der Waals surface area contributed by atoms with Crippen LogP contribution in [0, 0.1) is 0 Å². The summed E-state index contributed by atoms with van der Waals surface area (Å²) in [6, 6.07) is 6.73. The highest BCUT2D eigenvalue weighted by atomic mass is 16.5. The number of unbranched alkanes of at least 4 members (excludes halogenated alkanes) is 3. The Morgan fingerprint density at radius 2 is 1.89 bits per heavy atom. The zero-order chi connectivity index (χ0) is 13.4. The molecule has 0 radical (unpaired) electrons. The van der Waals surface area contributed by atoms with Crippen LogP contribution < -0.4 is 0 Å². The lowest BCUT2D eigenvalue weighted by Crippen LogP contribution is -2.08. The lowest BCUT2D eigenvalue weighted by molar-refractivity contribution is -0.148. The van der Waals surface area contributed by atoms with E-state index in [9.17, 15) is 9.90 Å². The van der Waals surface area contributed by atoms with Crippen molar-refractivity contribution in [2.75, 3.05) is 0 Å². The third-order valence-corrected chi connectivity index (χ3v) is 2.91. The van der Waals surface area contributed by atoms with Crippen molar-refractivity contribution < 1.29 is 14.6 Å². The van der Waals surface area contributed by atoms with Crippen LogP contribution in [0.3, 0.4) is 0 Å². The Kier molecular flexibility index (Phi) is 6.26. The number of rotatable bonds is 7. The zero-order valence-corrected chi connectivity index (χ0v) is 11.2. The van der Waals surface area contributed by atoms with Crippen molar-refractivity contribution in [1.29, 1.82) is 0 Å². The fourth-order valence-electron chi connectivity index (χ4n) is 1.77. The topological polar surface area (TPSA) is 46.5 Å². The van der Waals surface area contributed by atoms with Crippen LogP contribution >= 0.6 is 0 Å². The molecule has 18 heavy (non-hydrogen) atoms. The van der Waals surface area contributed by atoms with Crippen LogP contribution in [0.15, 0.2) is 24.3 Å². The van der Waals surface area contributed by atoms with E-state index >= 15 is 0 Å². The van der Waals surface area contributed by atoms with Gasteiger partial charge in [0.05, 0.1) is 0 Å². The van der Waals surface area contributed by atoms with E-state index in [0.717, 1.165) is 18.4 Å². The molecule has 0 amide bonds. The highest BCUT2D eigenvalue weighted by molar-refractivity contribution is 5.69. The first-order valence-electron chi connectivity index (χ1n) is 6.62. The van der Waals surface area contributed by atoms with E-state index in [-0.39, 0.29) is 17.8 Å². The Hall–Kier alpha value is -1.51. The molecule has 1 unspecified atom stereocenters. The summed E-state index contributed by atoms with van der Waals surface area (Å²) in [6.45, 7) is 3.99. The maximum absolute atomic E-state index is 11.6. The van der Waals surface area contributed by atoms with E-state index in [1.165, 1.54) is 12.8 Å². The van der Waals surface area contributed by atoms with Gasteiger partial charge in [0.25, 0.3) is 0 Å². The zero-order valence-electron chi connectivity index (χ0n) is 11.2. The van der Waals surface area contributed by atoms with Gasteiger partial charge in [-0.2, -0.15) is 0 Å². The van der Waals surface area contributed by atoms with Crippen molar-refractivity contribution in [2.24, 2.45) is 0 Å². The molecular formula is C15H22O3. The lowest BCUT2D eigenvalue weighted by Gasteiger charge is -2.13. The molecule has 0 heterocycles. The second-order valence-corrected chi connectivity index (χ2v) is 4.53. The largest absolute Gasteiger partial charge is 0.508 e. The number of carbonyl (C=O) groups is 1. The number of hydrogen-bond donors (Lipinski definition) is 1. The van der Waals surface area contributed by atoms with Crippen molar-refractivity contribution in [3.63, 3.8) is 0 Å². The molecule has 1 aromatic carbocycles. The summed E-state index contributed by atoms with van der Waals surface area (Å²) in [7, 11) is 0. The van der Waals surface area contributed by atoms with Crippen LogP contribution in [0.5, 0.6) is 5.75 Å². The summed E-state index contributed by atoms with van der Waals surface area (Å²) in [5.41, 5.74) is 0.898. The standard InChI is InChI=1S/C15H22O3/c1-3-4-5-6-7-15(17)18-12(2)13-8-10-14(16)11-9-13/h8-12,16H,3-7H2,1-2H3. The monoisotopic (exact) mass is 250 g/mol. The lowest BCUT2D eigenvalue weighted by atomic mass is 10.1. The van der Waals surface area contributed by atoms with Crippen LogP contribution in [-0.2, 0) is 9.53 Å². The minimum absolute atomic E-state index is 0.147. The number of ether oxygens (including phenoxy) is 1. The van der Waals surface area contributed by atoms with Crippen molar-refractivity contribution >= 4 is 5.97 Å². The van der Waals surface area contributed by atoms with E-state index in [4.69, 9.17) is 4.74 Å². The van der Waals surface area contributed by atoms with E-state index < -0.39 is 0 Å². The first kappa shape index (κ1) is 14.6. The van der Waals surface area contributed by atoms with Gasteiger partial charge in [0.2, 0.25) is 0 Å². The maximum Gasteiger partial charge on any atom is 0.306 e. The molecule has 1 rings (SSSR count). The van der Waals surface area contributed by atoms with E-state index in [2.05, 4.69) is 6.92 Å². The molecule has 0 saturated carbocycles. The Balaban J connectivity index is 2.33. The van der Waals surface area contributed by atoms with Crippen molar-refractivity contribution in [3.05, 3.63) is 29.8 Å². The van der Waals surface area contributed by atoms with Crippen LogP contribution in [-0.4, -0.2) is 11.1 Å². The third kappa shape index (κ3) is 5.21. The molecule has 0 aliphatic heterocycles. The third-order valence-electron chi connectivity index (χ3n) is 2.91. The molecule has 1 N–H and O–H groups in total. The molecule has 0 aromatic heterocycles. The van der Waals surface area contributed by atoms with Gasteiger partial charge in [-0.15, -0.1) is 0 Å². The van der Waals surface area contributed by atoms with E-state index in [1.807, 2.05) is 6.92 Å².